The Labute approximate surface area is 107 Å². The zero-order valence-corrected chi connectivity index (χ0v) is 12.1. The van der Waals surface area contributed by atoms with Crippen LogP contribution in [0.15, 0.2) is 0 Å². The Bertz CT molecular complexity index is 237. The van der Waals surface area contributed by atoms with E-state index in [-0.39, 0.29) is 5.41 Å². The van der Waals surface area contributed by atoms with E-state index in [0.717, 1.165) is 19.4 Å². The van der Waals surface area contributed by atoms with Gasteiger partial charge in [-0.1, -0.05) is 34.1 Å². The fourth-order valence-corrected chi connectivity index (χ4v) is 2.73. The van der Waals surface area contributed by atoms with Crippen molar-refractivity contribution in [3.8, 4) is 0 Å². The van der Waals surface area contributed by atoms with Crippen LogP contribution < -0.4 is 0 Å². The topological polar surface area (TPSA) is 20.3 Å². The van der Waals surface area contributed by atoms with Crippen LogP contribution in [0.4, 0.5) is 0 Å². The van der Waals surface area contributed by atoms with E-state index in [9.17, 15) is 4.79 Å². The average Bonchev–Trinajstić information content (AvgIpc) is 2.39. The lowest BCUT2D eigenvalue weighted by molar-refractivity contribution is -0.118. The summed E-state index contributed by atoms with van der Waals surface area (Å²) in [6.45, 7) is 12.3. The summed E-state index contributed by atoms with van der Waals surface area (Å²) in [6, 6.07) is 0. The van der Waals surface area contributed by atoms with Crippen molar-refractivity contribution in [1.29, 1.82) is 0 Å². The van der Waals surface area contributed by atoms with Crippen molar-refractivity contribution in [2.75, 3.05) is 19.6 Å². The van der Waals surface area contributed by atoms with Gasteiger partial charge < -0.3 is 9.69 Å². The van der Waals surface area contributed by atoms with Crippen LogP contribution in [0, 0.1) is 10.8 Å². The molecule has 1 aliphatic rings. The molecule has 0 N–H and O–H groups in total. The Kier molecular flexibility index (Phi) is 5.18. The quantitative estimate of drug-likeness (QED) is 0.661. The first-order valence-electron chi connectivity index (χ1n) is 7.22. The number of carbonyl (C=O) groups is 1. The van der Waals surface area contributed by atoms with Crippen LogP contribution in [0.1, 0.15) is 59.8 Å². The van der Waals surface area contributed by atoms with Crippen molar-refractivity contribution < 1.29 is 4.79 Å². The lowest BCUT2D eigenvalue weighted by atomic mass is 9.77. The number of likely N-dealkylation sites (tertiary alicyclic amines) is 1. The molecule has 2 nitrogen and oxygen atoms in total. The lowest BCUT2D eigenvalue weighted by Gasteiger charge is -2.42. The molecule has 1 saturated heterocycles. The number of hydrogen-bond acceptors (Lipinski definition) is 2. The van der Waals surface area contributed by atoms with Gasteiger partial charge in [-0.25, -0.2) is 0 Å². The summed E-state index contributed by atoms with van der Waals surface area (Å²) in [4.78, 5) is 13.8. The predicted molar refractivity (Wildman–Crippen MR) is 73.2 cm³/mol. The highest BCUT2D eigenvalue weighted by atomic mass is 16.1. The molecule has 17 heavy (non-hydrogen) atoms. The van der Waals surface area contributed by atoms with Gasteiger partial charge in [-0.05, 0) is 44.2 Å². The summed E-state index contributed by atoms with van der Waals surface area (Å²) in [5, 5.41) is 0. The van der Waals surface area contributed by atoms with E-state index in [0.29, 0.717) is 5.41 Å². The third-order valence-corrected chi connectivity index (χ3v) is 5.11. The summed E-state index contributed by atoms with van der Waals surface area (Å²) >= 11 is 0. The summed E-state index contributed by atoms with van der Waals surface area (Å²) in [6.07, 6.45) is 6.97. The summed E-state index contributed by atoms with van der Waals surface area (Å²) in [5.74, 6) is 0. The highest BCUT2D eigenvalue weighted by Gasteiger charge is 2.33. The Morgan fingerprint density at radius 1 is 1.18 bits per heavy atom. The van der Waals surface area contributed by atoms with Crippen LogP contribution in [0.3, 0.4) is 0 Å². The van der Waals surface area contributed by atoms with Gasteiger partial charge in [0, 0.05) is 12.0 Å². The molecule has 0 aromatic rings. The molecule has 100 valence electrons. The molecule has 0 atom stereocenters. The lowest BCUT2D eigenvalue weighted by Crippen LogP contribution is -2.44. The van der Waals surface area contributed by atoms with Gasteiger partial charge in [-0.15, -0.1) is 0 Å². The van der Waals surface area contributed by atoms with Gasteiger partial charge in [-0.3, -0.25) is 0 Å². The van der Waals surface area contributed by atoms with Gasteiger partial charge in [0.25, 0.3) is 0 Å². The number of piperidine rings is 1. The van der Waals surface area contributed by atoms with E-state index in [4.69, 9.17) is 0 Å². The molecule has 0 unspecified atom stereocenters. The molecule has 0 saturated carbocycles. The second-order valence-electron chi connectivity index (χ2n) is 6.13. The zero-order valence-electron chi connectivity index (χ0n) is 12.1. The maximum absolute atomic E-state index is 11.3. The normalized spacial score (nSPS) is 21.4. The van der Waals surface area contributed by atoms with E-state index in [1.54, 1.807) is 0 Å². The number of hydrogen-bond donors (Lipinski definition) is 0. The van der Waals surface area contributed by atoms with Gasteiger partial charge in [-0.2, -0.15) is 0 Å². The van der Waals surface area contributed by atoms with Crippen LogP contribution in [-0.2, 0) is 4.79 Å². The Hall–Kier alpha value is -0.370. The molecule has 0 aromatic heterocycles. The first-order valence-corrected chi connectivity index (χ1v) is 7.22. The molecule has 2 heteroatoms. The molecule has 1 fully saturated rings. The largest absolute Gasteiger partial charge is 0.303 e. The van der Waals surface area contributed by atoms with Crippen molar-refractivity contribution >= 4 is 6.29 Å². The predicted octanol–water partition coefficient (Wildman–Crippen LogP) is 3.50. The first-order chi connectivity index (χ1) is 8.03. The summed E-state index contributed by atoms with van der Waals surface area (Å²) < 4.78 is 0. The fourth-order valence-electron chi connectivity index (χ4n) is 2.73. The Morgan fingerprint density at radius 2 is 1.71 bits per heavy atom. The molecular weight excluding hydrogens is 210 g/mol. The number of aldehydes is 1. The van der Waals surface area contributed by atoms with Crippen molar-refractivity contribution in [3.05, 3.63) is 0 Å². The van der Waals surface area contributed by atoms with Crippen molar-refractivity contribution in [1.82, 2.24) is 4.90 Å². The van der Waals surface area contributed by atoms with Crippen molar-refractivity contribution in [2.45, 2.75) is 59.8 Å². The van der Waals surface area contributed by atoms with E-state index in [1.165, 1.54) is 38.6 Å². The van der Waals surface area contributed by atoms with Gasteiger partial charge in [0.1, 0.15) is 6.29 Å². The molecule has 1 heterocycles. The van der Waals surface area contributed by atoms with Crippen LogP contribution in [0.2, 0.25) is 0 Å². The highest BCUT2D eigenvalue weighted by Crippen LogP contribution is 2.35. The summed E-state index contributed by atoms with van der Waals surface area (Å²) in [7, 11) is 0. The molecule has 0 spiro atoms. The third kappa shape index (κ3) is 3.54. The van der Waals surface area contributed by atoms with E-state index < -0.39 is 0 Å². The third-order valence-electron chi connectivity index (χ3n) is 5.11. The molecule has 1 rings (SSSR count). The van der Waals surface area contributed by atoms with Crippen molar-refractivity contribution in [2.24, 2.45) is 10.8 Å². The Morgan fingerprint density at radius 3 is 2.06 bits per heavy atom. The Balaban J connectivity index is 2.52. The van der Waals surface area contributed by atoms with Gasteiger partial charge in [0.2, 0.25) is 0 Å². The van der Waals surface area contributed by atoms with Gasteiger partial charge >= 0.3 is 0 Å². The van der Waals surface area contributed by atoms with Crippen molar-refractivity contribution in [3.63, 3.8) is 0 Å². The number of nitrogens with zero attached hydrogens (tertiary/aromatic N) is 1. The van der Waals surface area contributed by atoms with Gasteiger partial charge in [0.05, 0.1) is 0 Å². The molecule has 0 bridgehead atoms. The number of carbonyl (C=O) groups excluding carboxylic acids is 1. The van der Waals surface area contributed by atoms with Crippen LogP contribution in [0.25, 0.3) is 0 Å². The molecule has 0 amide bonds. The van der Waals surface area contributed by atoms with E-state index in [1.807, 2.05) is 0 Å². The maximum Gasteiger partial charge on any atom is 0.127 e. The monoisotopic (exact) mass is 239 g/mol. The minimum absolute atomic E-state index is 0.0973. The first kappa shape index (κ1) is 14.7. The minimum Gasteiger partial charge on any atom is -0.303 e. The zero-order chi connectivity index (χ0) is 12.9. The van der Waals surface area contributed by atoms with E-state index in [2.05, 4.69) is 32.6 Å². The smallest absolute Gasteiger partial charge is 0.127 e. The fraction of sp³-hybridized carbons (Fsp3) is 0.933. The standard InChI is InChI=1S/C15H29NO/c1-5-14(4)8-10-16(11-9-14)12-15(6-2,7-3)13-17/h13H,5-12H2,1-4H3. The molecule has 0 aliphatic carbocycles. The average molecular weight is 239 g/mol. The van der Waals surface area contributed by atoms with Crippen LogP contribution in [-0.4, -0.2) is 30.8 Å². The second-order valence-corrected chi connectivity index (χ2v) is 6.13. The SMILES string of the molecule is CCC1(C)CCN(CC(C=O)(CC)CC)CC1. The highest BCUT2D eigenvalue weighted by molar-refractivity contribution is 5.59. The van der Waals surface area contributed by atoms with Gasteiger partial charge in [0.15, 0.2) is 0 Å². The van der Waals surface area contributed by atoms with Crippen LogP contribution >= 0.6 is 0 Å². The molecular formula is C15H29NO. The van der Waals surface area contributed by atoms with E-state index >= 15 is 0 Å². The maximum atomic E-state index is 11.3. The van der Waals surface area contributed by atoms with Crippen LogP contribution in [0.5, 0.6) is 0 Å². The molecule has 1 aliphatic heterocycles. The molecule has 0 radical (unpaired) electrons. The summed E-state index contributed by atoms with van der Waals surface area (Å²) in [5.41, 5.74) is 0.443. The molecule has 0 aromatic carbocycles. The second kappa shape index (κ2) is 5.99. The number of rotatable bonds is 6. The minimum atomic E-state index is -0.0973.